The SMILES string of the molecule is COc1ccc(OC)c(C=C2Oc3c(ccc(O)c3C[NH+]3CCCC[C@H]3C)C2=O)c1. The maximum Gasteiger partial charge on any atom is 0.231 e. The summed E-state index contributed by atoms with van der Waals surface area (Å²) < 4.78 is 16.7. The summed E-state index contributed by atoms with van der Waals surface area (Å²) >= 11 is 0. The van der Waals surface area contributed by atoms with Crippen LogP contribution in [0.5, 0.6) is 23.0 Å². The molecule has 1 saturated heterocycles. The number of ketones is 1. The minimum absolute atomic E-state index is 0.173. The molecule has 6 heteroatoms. The fourth-order valence-corrected chi connectivity index (χ4v) is 4.30. The maximum absolute atomic E-state index is 13.0. The molecule has 0 aromatic heterocycles. The molecule has 0 saturated carbocycles. The van der Waals surface area contributed by atoms with Crippen molar-refractivity contribution < 1.29 is 29.0 Å². The van der Waals surface area contributed by atoms with Gasteiger partial charge in [-0.2, -0.15) is 0 Å². The molecule has 2 N–H and O–H groups in total. The molecule has 0 radical (unpaired) electrons. The molecule has 158 valence electrons. The van der Waals surface area contributed by atoms with Gasteiger partial charge in [0.25, 0.3) is 0 Å². The van der Waals surface area contributed by atoms with E-state index in [0.717, 1.165) is 6.54 Å². The van der Waals surface area contributed by atoms with E-state index in [-0.39, 0.29) is 17.3 Å². The largest absolute Gasteiger partial charge is 0.507 e. The first kappa shape index (κ1) is 20.3. The van der Waals surface area contributed by atoms with Crippen molar-refractivity contribution in [3.05, 3.63) is 52.8 Å². The van der Waals surface area contributed by atoms with E-state index >= 15 is 0 Å². The number of rotatable bonds is 5. The molecule has 0 spiro atoms. The third-order valence-corrected chi connectivity index (χ3v) is 6.13. The van der Waals surface area contributed by atoms with Crippen molar-refractivity contribution in [3.63, 3.8) is 0 Å². The predicted octanol–water partition coefficient (Wildman–Crippen LogP) is 2.98. The van der Waals surface area contributed by atoms with Crippen molar-refractivity contribution >= 4 is 11.9 Å². The van der Waals surface area contributed by atoms with E-state index in [9.17, 15) is 9.90 Å². The molecule has 1 fully saturated rings. The Kier molecular flexibility index (Phi) is 5.68. The molecule has 1 unspecified atom stereocenters. The van der Waals surface area contributed by atoms with Crippen LogP contribution in [0.4, 0.5) is 0 Å². The van der Waals surface area contributed by atoms with Crippen LogP contribution in [-0.4, -0.2) is 37.7 Å². The summed E-state index contributed by atoms with van der Waals surface area (Å²) in [5, 5.41) is 10.5. The highest BCUT2D eigenvalue weighted by molar-refractivity contribution is 6.15. The second kappa shape index (κ2) is 8.40. The molecule has 0 bridgehead atoms. The number of Topliss-reactive ketones (excluding diaryl/α,β-unsaturated/α-hetero) is 1. The molecule has 2 heterocycles. The zero-order chi connectivity index (χ0) is 21.3. The number of benzene rings is 2. The first-order valence-corrected chi connectivity index (χ1v) is 10.4. The summed E-state index contributed by atoms with van der Waals surface area (Å²) in [6.07, 6.45) is 5.26. The topological polar surface area (TPSA) is 69.4 Å². The zero-order valence-electron chi connectivity index (χ0n) is 17.7. The first-order chi connectivity index (χ1) is 14.5. The number of ether oxygens (including phenoxy) is 3. The van der Waals surface area contributed by atoms with E-state index < -0.39 is 0 Å². The van der Waals surface area contributed by atoms with E-state index in [1.807, 2.05) is 0 Å². The Morgan fingerprint density at radius 1 is 1.20 bits per heavy atom. The summed E-state index contributed by atoms with van der Waals surface area (Å²) in [5.41, 5.74) is 1.87. The van der Waals surface area contributed by atoms with Crippen molar-refractivity contribution in [2.75, 3.05) is 20.8 Å². The quantitative estimate of drug-likeness (QED) is 0.742. The molecule has 6 nitrogen and oxygen atoms in total. The van der Waals surface area contributed by atoms with Gasteiger partial charge < -0.3 is 24.2 Å². The van der Waals surface area contributed by atoms with Gasteiger partial charge in [-0.3, -0.25) is 4.79 Å². The van der Waals surface area contributed by atoms with Crippen molar-refractivity contribution in [1.82, 2.24) is 0 Å². The smallest absolute Gasteiger partial charge is 0.231 e. The van der Waals surface area contributed by atoms with Crippen LogP contribution in [0, 0.1) is 0 Å². The number of carbonyl (C=O) groups is 1. The van der Waals surface area contributed by atoms with Crippen molar-refractivity contribution in [2.45, 2.75) is 38.8 Å². The van der Waals surface area contributed by atoms with E-state index in [0.29, 0.717) is 46.5 Å². The number of methoxy groups -OCH3 is 2. The summed E-state index contributed by atoms with van der Waals surface area (Å²) in [4.78, 5) is 14.4. The number of phenols is 1. The monoisotopic (exact) mass is 410 g/mol. The molecule has 2 aliphatic heterocycles. The lowest BCUT2D eigenvalue weighted by molar-refractivity contribution is -0.941. The fourth-order valence-electron chi connectivity index (χ4n) is 4.30. The lowest BCUT2D eigenvalue weighted by atomic mass is 10.0. The minimum Gasteiger partial charge on any atom is -0.507 e. The molecule has 2 aromatic carbocycles. The van der Waals surface area contributed by atoms with Crippen LogP contribution in [0.15, 0.2) is 36.1 Å². The number of likely N-dealkylation sites (tertiary alicyclic amines) is 1. The Balaban J connectivity index is 1.69. The number of allylic oxidation sites excluding steroid dienone is 1. The normalized spacial score (nSPS) is 22.0. The number of hydrogen-bond donors (Lipinski definition) is 2. The standard InChI is InChI=1S/C24H27NO5/c1-15-6-4-5-11-25(15)14-19-20(26)9-8-18-23(27)22(30-24(18)19)13-16-12-17(28-2)7-10-21(16)29-3/h7-10,12-13,15,26H,4-6,11,14H2,1-3H3/p+1/t15-/m1/s1. The average Bonchev–Trinajstić information content (AvgIpc) is 3.07. The van der Waals surface area contributed by atoms with Gasteiger partial charge >= 0.3 is 0 Å². The Labute approximate surface area is 176 Å². The maximum atomic E-state index is 13.0. The number of quaternary nitrogens is 1. The van der Waals surface area contributed by atoms with Crippen molar-refractivity contribution in [1.29, 1.82) is 0 Å². The molecular formula is C24H28NO5+. The molecule has 2 aromatic rings. The lowest BCUT2D eigenvalue weighted by Gasteiger charge is -2.30. The van der Waals surface area contributed by atoms with Crippen LogP contribution in [-0.2, 0) is 6.54 Å². The number of piperidine rings is 1. The Bertz CT molecular complexity index is 997. The van der Waals surface area contributed by atoms with Gasteiger partial charge in [0.15, 0.2) is 11.5 Å². The van der Waals surface area contributed by atoms with Gasteiger partial charge in [-0.1, -0.05) is 0 Å². The number of phenolic OH excluding ortho intramolecular Hbond substituents is 1. The molecule has 0 aliphatic carbocycles. The third-order valence-electron chi connectivity index (χ3n) is 6.13. The number of carbonyl (C=O) groups excluding carboxylic acids is 1. The minimum atomic E-state index is -0.196. The van der Waals surface area contributed by atoms with Crippen molar-refractivity contribution in [2.24, 2.45) is 0 Å². The van der Waals surface area contributed by atoms with Crippen molar-refractivity contribution in [3.8, 4) is 23.0 Å². The number of fused-ring (bicyclic) bond motifs is 1. The zero-order valence-corrected chi connectivity index (χ0v) is 17.7. The average molecular weight is 410 g/mol. The summed E-state index contributed by atoms with van der Waals surface area (Å²) in [5.74, 6) is 1.94. The summed E-state index contributed by atoms with van der Waals surface area (Å²) in [6.45, 7) is 3.93. The summed E-state index contributed by atoms with van der Waals surface area (Å²) in [6, 6.07) is 9.13. The van der Waals surface area contributed by atoms with E-state index in [1.54, 1.807) is 50.6 Å². The van der Waals surface area contributed by atoms with Gasteiger partial charge in [-0.25, -0.2) is 0 Å². The molecule has 30 heavy (non-hydrogen) atoms. The van der Waals surface area contributed by atoms with Crippen LogP contribution in [0.1, 0.15) is 47.7 Å². The number of nitrogens with one attached hydrogen (secondary N) is 1. The fraction of sp³-hybridized carbons (Fsp3) is 0.375. The van der Waals surface area contributed by atoms with E-state index in [2.05, 4.69) is 6.92 Å². The van der Waals surface area contributed by atoms with Gasteiger partial charge in [0.2, 0.25) is 5.78 Å². The highest BCUT2D eigenvalue weighted by Crippen LogP contribution is 2.40. The van der Waals surface area contributed by atoms with Gasteiger partial charge in [-0.15, -0.1) is 0 Å². The molecule has 0 amide bonds. The van der Waals surface area contributed by atoms with Crippen LogP contribution < -0.4 is 19.1 Å². The van der Waals surface area contributed by atoms with Crippen LogP contribution >= 0.6 is 0 Å². The highest BCUT2D eigenvalue weighted by Gasteiger charge is 2.34. The summed E-state index contributed by atoms with van der Waals surface area (Å²) in [7, 11) is 3.17. The van der Waals surface area contributed by atoms with Gasteiger partial charge in [0.1, 0.15) is 23.8 Å². The van der Waals surface area contributed by atoms with Gasteiger partial charge in [0, 0.05) is 5.56 Å². The number of hydrogen-bond acceptors (Lipinski definition) is 5. The Hall–Kier alpha value is -2.99. The van der Waals surface area contributed by atoms with E-state index in [4.69, 9.17) is 14.2 Å². The van der Waals surface area contributed by atoms with Crippen LogP contribution in [0.2, 0.25) is 0 Å². The molecular weight excluding hydrogens is 382 g/mol. The van der Waals surface area contributed by atoms with Crippen LogP contribution in [0.25, 0.3) is 6.08 Å². The van der Waals surface area contributed by atoms with Gasteiger partial charge in [0.05, 0.1) is 37.9 Å². The molecule has 2 atom stereocenters. The second-order valence-corrected chi connectivity index (χ2v) is 7.97. The number of aromatic hydroxyl groups is 1. The van der Waals surface area contributed by atoms with Gasteiger partial charge in [-0.05, 0) is 62.6 Å². The first-order valence-electron chi connectivity index (χ1n) is 10.4. The highest BCUT2D eigenvalue weighted by atomic mass is 16.5. The lowest BCUT2D eigenvalue weighted by Crippen LogP contribution is -3.14. The Morgan fingerprint density at radius 2 is 2.03 bits per heavy atom. The second-order valence-electron chi connectivity index (χ2n) is 7.97. The Morgan fingerprint density at radius 3 is 2.77 bits per heavy atom. The predicted molar refractivity (Wildman–Crippen MR) is 113 cm³/mol. The third kappa shape index (κ3) is 3.75. The van der Waals surface area contributed by atoms with Crippen LogP contribution in [0.3, 0.4) is 0 Å². The molecule has 4 rings (SSSR count). The molecule has 2 aliphatic rings. The van der Waals surface area contributed by atoms with E-state index in [1.165, 1.54) is 24.2 Å².